The van der Waals surface area contributed by atoms with E-state index in [0.29, 0.717) is 23.7 Å². The van der Waals surface area contributed by atoms with E-state index in [0.717, 1.165) is 21.8 Å². The Morgan fingerprint density at radius 1 is 1.15 bits per heavy atom. The fraction of sp³-hybridized carbons (Fsp3) is 0.100. The highest BCUT2D eigenvalue weighted by Crippen LogP contribution is 2.33. The molecule has 0 atom stereocenters. The normalized spacial score (nSPS) is 10.6. The van der Waals surface area contributed by atoms with Crippen LogP contribution in [0.4, 0.5) is 0 Å². The van der Waals surface area contributed by atoms with E-state index in [2.05, 4.69) is 11.1 Å². The van der Waals surface area contributed by atoms with Crippen molar-refractivity contribution in [3.63, 3.8) is 0 Å². The molecule has 0 radical (unpaired) electrons. The van der Waals surface area contributed by atoms with Gasteiger partial charge in [-0.05, 0) is 35.9 Å². The highest BCUT2D eigenvalue weighted by Gasteiger charge is 2.10. The van der Waals surface area contributed by atoms with Crippen LogP contribution in [0.15, 0.2) is 60.2 Å². The van der Waals surface area contributed by atoms with Crippen LogP contribution in [0.5, 0.6) is 11.5 Å². The molecule has 0 saturated carbocycles. The van der Waals surface area contributed by atoms with Gasteiger partial charge in [0.25, 0.3) is 0 Å². The lowest BCUT2D eigenvalue weighted by atomic mass is 10.1. The van der Waals surface area contributed by atoms with Gasteiger partial charge in [0.15, 0.2) is 16.5 Å². The van der Waals surface area contributed by atoms with Gasteiger partial charge in [-0.2, -0.15) is 5.26 Å². The van der Waals surface area contributed by atoms with Gasteiger partial charge in [-0.25, -0.2) is 4.98 Å². The van der Waals surface area contributed by atoms with Crippen LogP contribution in [-0.2, 0) is 6.61 Å². The zero-order chi connectivity index (χ0) is 17.9. The molecule has 2 heterocycles. The number of methoxy groups -OCH3 is 1. The molecule has 4 aromatic rings. The topological polar surface area (TPSA) is 59.6 Å². The highest BCUT2D eigenvalue weighted by molar-refractivity contribution is 7.15. The first-order valence-electron chi connectivity index (χ1n) is 7.99. The summed E-state index contributed by atoms with van der Waals surface area (Å²) < 4.78 is 13.4. The van der Waals surface area contributed by atoms with Gasteiger partial charge in [0.1, 0.15) is 6.61 Å². The maximum atomic E-state index is 8.85. The van der Waals surface area contributed by atoms with Crippen LogP contribution in [0, 0.1) is 11.3 Å². The average Bonchev–Trinajstić information content (AvgIpc) is 3.29. The van der Waals surface area contributed by atoms with Crippen molar-refractivity contribution in [3.8, 4) is 28.8 Å². The van der Waals surface area contributed by atoms with Crippen molar-refractivity contribution in [1.82, 2.24) is 9.38 Å². The quantitative estimate of drug-likeness (QED) is 0.524. The summed E-state index contributed by atoms with van der Waals surface area (Å²) in [7, 11) is 1.62. The predicted octanol–water partition coefficient (Wildman–Crippen LogP) is 4.52. The molecule has 0 fully saturated rings. The standard InChI is InChI=1S/C20H15N3O2S/c1-24-19-10-16(17-12-23-8-9-26-20(23)22-17)6-7-18(19)25-13-15-4-2-14(11-21)3-5-15/h2-10,12H,13H2,1H3. The maximum absolute atomic E-state index is 8.85. The Balaban J connectivity index is 1.54. The van der Waals surface area contributed by atoms with E-state index in [4.69, 9.17) is 14.7 Å². The van der Waals surface area contributed by atoms with Crippen molar-refractivity contribution in [2.24, 2.45) is 0 Å². The van der Waals surface area contributed by atoms with Crippen LogP contribution in [0.2, 0.25) is 0 Å². The number of aromatic nitrogens is 2. The number of nitrogens with zero attached hydrogens (tertiary/aromatic N) is 3. The van der Waals surface area contributed by atoms with Crippen molar-refractivity contribution >= 4 is 16.3 Å². The van der Waals surface area contributed by atoms with Gasteiger partial charge < -0.3 is 9.47 Å². The van der Waals surface area contributed by atoms with Crippen LogP contribution >= 0.6 is 11.3 Å². The second kappa shape index (κ2) is 6.90. The molecule has 26 heavy (non-hydrogen) atoms. The molecule has 2 aromatic carbocycles. The average molecular weight is 361 g/mol. The third kappa shape index (κ3) is 3.13. The van der Waals surface area contributed by atoms with Gasteiger partial charge in [-0.3, -0.25) is 4.40 Å². The van der Waals surface area contributed by atoms with Crippen LogP contribution in [-0.4, -0.2) is 16.5 Å². The number of imidazole rings is 1. The van der Waals surface area contributed by atoms with Gasteiger partial charge in [-0.15, -0.1) is 11.3 Å². The summed E-state index contributed by atoms with van der Waals surface area (Å²) in [5.41, 5.74) is 3.50. The highest BCUT2D eigenvalue weighted by atomic mass is 32.1. The van der Waals surface area contributed by atoms with Gasteiger partial charge in [-0.1, -0.05) is 12.1 Å². The summed E-state index contributed by atoms with van der Waals surface area (Å²) in [5, 5.41) is 10.9. The number of thiazole rings is 1. The lowest BCUT2D eigenvalue weighted by Crippen LogP contribution is -1.98. The van der Waals surface area contributed by atoms with Crippen LogP contribution in [0.1, 0.15) is 11.1 Å². The SMILES string of the molecule is COc1cc(-c2cn3ccsc3n2)ccc1OCc1ccc(C#N)cc1. The van der Waals surface area contributed by atoms with Gasteiger partial charge >= 0.3 is 0 Å². The summed E-state index contributed by atoms with van der Waals surface area (Å²) in [6.07, 6.45) is 3.99. The fourth-order valence-corrected chi connectivity index (χ4v) is 3.35. The second-order valence-electron chi connectivity index (χ2n) is 5.68. The molecule has 0 aliphatic rings. The molecule has 0 aliphatic heterocycles. The lowest BCUT2D eigenvalue weighted by molar-refractivity contribution is 0.284. The minimum absolute atomic E-state index is 0.404. The van der Waals surface area contributed by atoms with E-state index in [-0.39, 0.29) is 0 Å². The number of hydrogen-bond acceptors (Lipinski definition) is 5. The molecule has 0 N–H and O–H groups in total. The fourth-order valence-electron chi connectivity index (χ4n) is 2.65. The third-order valence-electron chi connectivity index (χ3n) is 4.03. The number of rotatable bonds is 5. The van der Waals surface area contributed by atoms with Crippen molar-refractivity contribution in [2.45, 2.75) is 6.61 Å². The first-order valence-corrected chi connectivity index (χ1v) is 8.87. The summed E-state index contributed by atoms with van der Waals surface area (Å²) >= 11 is 1.60. The largest absolute Gasteiger partial charge is 0.493 e. The number of ether oxygens (including phenoxy) is 2. The number of nitriles is 1. The summed E-state index contributed by atoms with van der Waals surface area (Å²) in [6, 6.07) is 15.2. The molecule has 0 amide bonds. The van der Waals surface area contributed by atoms with Crippen LogP contribution in [0.25, 0.3) is 16.2 Å². The van der Waals surface area contributed by atoms with Crippen molar-refractivity contribution in [3.05, 3.63) is 71.4 Å². The Morgan fingerprint density at radius 3 is 2.73 bits per heavy atom. The molecule has 128 valence electrons. The molecule has 0 spiro atoms. The lowest BCUT2D eigenvalue weighted by Gasteiger charge is -2.12. The Kier molecular flexibility index (Phi) is 4.30. The minimum atomic E-state index is 0.404. The van der Waals surface area contributed by atoms with E-state index in [9.17, 15) is 0 Å². The summed E-state index contributed by atoms with van der Waals surface area (Å²) in [5.74, 6) is 1.33. The predicted molar refractivity (Wildman–Crippen MR) is 101 cm³/mol. The molecular formula is C20H15N3O2S. The Morgan fingerprint density at radius 2 is 2.00 bits per heavy atom. The Labute approximate surface area is 154 Å². The van der Waals surface area contributed by atoms with E-state index in [1.165, 1.54) is 0 Å². The second-order valence-corrected chi connectivity index (χ2v) is 6.56. The van der Waals surface area contributed by atoms with Crippen LogP contribution < -0.4 is 9.47 Å². The zero-order valence-corrected chi connectivity index (χ0v) is 14.9. The maximum Gasteiger partial charge on any atom is 0.194 e. The van der Waals surface area contributed by atoms with Gasteiger partial charge in [0.05, 0.1) is 24.4 Å². The number of hydrogen-bond donors (Lipinski definition) is 0. The smallest absolute Gasteiger partial charge is 0.194 e. The first-order chi connectivity index (χ1) is 12.8. The molecule has 2 aromatic heterocycles. The number of fused-ring (bicyclic) bond motifs is 1. The molecule has 0 aliphatic carbocycles. The Hall–Kier alpha value is -3.30. The third-order valence-corrected chi connectivity index (χ3v) is 4.80. The molecule has 4 rings (SSSR count). The van der Waals surface area contributed by atoms with E-state index < -0.39 is 0 Å². The molecule has 5 nitrogen and oxygen atoms in total. The summed E-state index contributed by atoms with van der Waals surface area (Å²) in [4.78, 5) is 5.58. The van der Waals surface area contributed by atoms with Crippen molar-refractivity contribution < 1.29 is 9.47 Å². The minimum Gasteiger partial charge on any atom is -0.493 e. The number of benzene rings is 2. The molecule has 6 heteroatoms. The van der Waals surface area contributed by atoms with Gasteiger partial charge in [0, 0.05) is 23.3 Å². The Bertz CT molecular complexity index is 1060. The molecule has 0 saturated heterocycles. The zero-order valence-electron chi connectivity index (χ0n) is 14.0. The van der Waals surface area contributed by atoms with Crippen molar-refractivity contribution in [2.75, 3.05) is 7.11 Å². The monoisotopic (exact) mass is 361 g/mol. The van der Waals surface area contributed by atoms with E-state index >= 15 is 0 Å². The van der Waals surface area contributed by atoms with Crippen molar-refractivity contribution in [1.29, 1.82) is 5.26 Å². The van der Waals surface area contributed by atoms with E-state index in [1.54, 1.807) is 30.6 Å². The molecular weight excluding hydrogens is 346 g/mol. The first kappa shape index (κ1) is 16.2. The van der Waals surface area contributed by atoms with Crippen LogP contribution in [0.3, 0.4) is 0 Å². The molecule has 0 bridgehead atoms. The molecule has 0 unspecified atom stereocenters. The van der Waals surface area contributed by atoms with E-state index in [1.807, 2.05) is 52.5 Å². The van der Waals surface area contributed by atoms with Gasteiger partial charge in [0.2, 0.25) is 0 Å². The summed E-state index contributed by atoms with van der Waals surface area (Å²) in [6.45, 7) is 0.404.